The molecule has 2 rings (SSSR count). The maximum atomic E-state index is 6.12. The van der Waals surface area contributed by atoms with Gasteiger partial charge in [0.15, 0.2) is 0 Å². The first-order chi connectivity index (χ1) is 9.56. The second-order valence-corrected chi connectivity index (χ2v) is 6.09. The van der Waals surface area contributed by atoms with Gasteiger partial charge >= 0.3 is 0 Å². The predicted octanol–water partition coefficient (Wildman–Crippen LogP) is 6.05. The SMILES string of the molecule is Cl.Clc1ccc(CCNCc2ccc(Cl)cc2Cl)c(Cl)c1. The van der Waals surface area contributed by atoms with Crippen LogP contribution in [0.5, 0.6) is 0 Å². The van der Waals surface area contributed by atoms with Crippen LogP contribution in [0.2, 0.25) is 20.1 Å². The number of rotatable bonds is 5. The molecule has 6 heteroatoms. The Bertz CT molecular complexity index is 547. The summed E-state index contributed by atoms with van der Waals surface area (Å²) in [5.41, 5.74) is 2.10. The van der Waals surface area contributed by atoms with E-state index in [1.807, 2.05) is 24.3 Å². The van der Waals surface area contributed by atoms with Gasteiger partial charge in [0, 0.05) is 26.6 Å². The lowest BCUT2D eigenvalue weighted by atomic mass is 10.1. The molecule has 2 aromatic rings. The fourth-order valence-corrected chi connectivity index (χ4v) is 2.81. The summed E-state index contributed by atoms with van der Waals surface area (Å²) in [6, 6.07) is 11.1. The van der Waals surface area contributed by atoms with E-state index >= 15 is 0 Å². The Morgan fingerprint density at radius 2 is 1.29 bits per heavy atom. The molecule has 0 bridgehead atoms. The highest BCUT2D eigenvalue weighted by Crippen LogP contribution is 2.22. The molecule has 0 spiro atoms. The van der Waals surface area contributed by atoms with E-state index in [1.54, 1.807) is 12.1 Å². The summed E-state index contributed by atoms with van der Waals surface area (Å²) in [7, 11) is 0. The fourth-order valence-electron chi connectivity index (χ4n) is 1.84. The Hall–Kier alpha value is -0.150. The minimum Gasteiger partial charge on any atom is -0.312 e. The van der Waals surface area contributed by atoms with Gasteiger partial charge in [-0.1, -0.05) is 58.5 Å². The summed E-state index contributed by atoms with van der Waals surface area (Å²) in [6.45, 7) is 1.50. The summed E-state index contributed by atoms with van der Waals surface area (Å²) in [4.78, 5) is 0. The first kappa shape index (κ1) is 18.9. The molecular formula is C15H14Cl5N. The third kappa shape index (κ3) is 5.86. The van der Waals surface area contributed by atoms with Crippen molar-refractivity contribution < 1.29 is 0 Å². The van der Waals surface area contributed by atoms with Gasteiger partial charge in [0.1, 0.15) is 0 Å². The van der Waals surface area contributed by atoms with Crippen LogP contribution in [-0.4, -0.2) is 6.54 Å². The van der Waals surface area contributed by atoms with Gasteiger partial charge in [0.2, 0.25) is 0 Å². The molecule has 0 fully saturated rings. The van der Waals surface area contributed by atoms with E-state index in [-0.39, 0.29) is 12.4 Å². The Morgan fingerprint density at radius 1 is 0.762 bits per heavy atom. The molecule has 0 aliphatic heterocycles. The van der Waals surface area contributed by atoms with Gasteiger partial charge in [-0.3, -0.25) is 0 Å². The smallest absolute Gasteiger partial charge is 0.0465 e. The van der Waals surface area contributed by atoms with Crippen LogP contribution in [0.3, 0.4) is 0 Å². The van der Waals surface area contributed by atoms with Crippen molar-refractivity contribution in [2.75, 3.05) is 6.54 Å². The Balaban J connectivity index is 0.00000220. The van der Waals surface area contributed by atoms with E-state index in [4.69, 9.17) is 46.4 Å². The molecule has 0 saturated carbocycles. The predicted molar refractivity (Wildman–Crippen MR) is 95.6 cm³/mol. The number of benzene rings is 2. The molecule has 0 atom stereocenters. The van der Waals surface area contributed by atoms with E-state index in [9.17, 15) is 0 Å². The van der Waals surface area contributed by atoms with Crippen molar-refractivity contribution in [1.29, 1.82) is 0 Å². The van der Waals surface area contributed by atoms with Crippen LogP contribution in [0.1, 0.15) is 11.1 Å². The first-order valence-corrected chi connectivity index (χ1v) is 7.66. The number of hydrogen-bond donors (Lipinski definition) is 1. The molecule has 1 nitrogen and oxygen atoms in total. The number of hydrogen-bond acceptors (Lipinski definition) is 1. The van der Waals surface area contributed by atoms with E-state index in [2.05, 4.69) is 5.32 Å². The van der Waals surface area contributed by atoms with Crippen molar-refractivity contribution in [2.24, 2.45) is 0 Å². The molecule has 2 aromatic carbocycles. The molecule has 114 valence electrons. The van der Waals surface area contributed by atoms with E-state index in [1.165, 1.54) is 0 Å². The third-order valence-electron chi connectivity index (χ3n) is 2.92. The highest BCUT2D eigenvalue weighted by Gasteiger charge is 2.03. The lowest BCUT2D eigenvalue weighted by Gasteiger charge is -2.08. The van der Waals surface area contributed by atoms with Crippen molar-refractivity contribution in [3.05, 3.63) is 67.6 Å². The maximum absolute atomic E-state index is 6.12. The average molecular weight is 386 g/mol. The second kappa shape index (κ2) is 9.09. The monoisotopic (exact) mass is 383 g/mol. The van der Waals surface area contributed by atoms with Crippen LogP contribution in [0, 0.1) is 0 Å². The normalized spacial score (nSPS) is 10.3. The number of halogens is 5. The number of nitrogens with one attached hydrogen (secondary N) is 1. The summed E-state index contributed by atoms with van der Waals surface area (Å²) in [5.74, 6) is 0. The summed E-state index contributed by atoms with van der Waals surface area (Å²) < 4.78 is 0. The molecule has 21 heavy (non-hydrogen) atoms. The van der Waals surface area contributed by atoms with Gasteiger partial charge in [-0.15, -0.1) is 12.4 Å². The van der Waals surface area contributed by atoms with Gasteiger partial charge in [0.25, 0.3) is 0 Å². The van der Waals surface area contributed by atoms with Crippen LogP contribution < -0.4 is 5.32 Å². The van der Waals surface area contributed by atoms with Crippen molar-refractivity contribution in [2.45, 2.75) is 13.0 Å². The van der Waals surface area contributed by atoms with Crippen LogP contribution in [0.4, 0.5) is 0 Å². The van der Waals surface area contributed by atoms with E-state index in [0.717, 1.165) is 24.1 Å². The van der Waals surface area contributed by atoms with Crippen molar-refractivity contribution >= 4 is 58.8 Å². The van der Waals surface area contributed by atoms with Crippen molar-refractivity contribution in [3.63, 3.8) is 0 Å². The lowest BCUT2D eigenvalue weighted by Crippen LogP contribution is -2.17. The molecule has 0 radical (unpaired) electrons. The molecule has 0 aliphatic carbocycles. The second-order valence-electron chi connectivity index (χ2n) is 4.40. The minimum atomic E-state index is 0. The summed E-state index contributed by atoms with van der Waals surface area (Å²) in [5, 5.41) is 6.00. The minimum absolute atomic E-state index is 0. The quantitative estimate of drug-likeness (QED) is 0.617. The average Bonchev–Trinajstić information content (AvgIpc) is 2.39. The topological polar surface area (TPSA) is 12.0 Å². The fraction of sp³-hybridized carbons (Fsp3) is 0.200. The van der Waals surface area contributed by atoms with Crippen LogP contribution in [0.25, 0.3) is 0 Å². The third-order valence-corrected chi connectivity index (χ3v) is 4.09. The summed E-state index contributed by atoms with van der Waals surface area (Å²) >= 11 is 23.9. The highest BCUT2D eigenvalue weighted by atomic mass is 35.5. The Labute approximate surface area is 150 Å². The van der Waals surface area contributed by atoms with Crippen LogP contribution in [-0.2, 0) is 13.0 Å². The molecule has 0 unspecified atom stereocenters. The molecule has 1 N–H and O–H groups in total. The van der Waals surface area contributed by atoms with Gasteiger partial charge in [0.05, 0.1) is 0 Å². The zero-order valence-electron chi connectivity index (χ0n) is 11.0. The Kier molecular flexibility index (Phi) is 8.18. The molecule has 0 heterocycles. The zero-order valence-corrected chi connectivity index (χ0v) is 14.8. The largest absolute Gasteiger partial charge is 0.312 e. The first-order valence-electron chi connectivity index (χ1n) is 6.15. The molecule has 0 amide bonds. The summed E-state index contributed by atoms with van der Waals surface area (Å²) in [6.07, 6.45) is 0.835. The van der Waals surface area contributed by atoms with E-state index < -0.39 is 0 Å². The molecule has 0 aromatic heterocycles. The van der Waals surface area contributed by atoms with E-state index in [0.29, 0.717) is 26.6 Å². The molecule has 0 aliphatic rings. The van der Waals surface area contributed by atoms with Gasteiger partial charge < -0.3 is 5.32 Å². The van der Waals surface area contributed by atoms with Gasteiger partial charge in [-0.05, 0) is 48.4 Å². The zero-order chi connectivity index (χ0) is 14.5. The Morgan fingerprint density at radius 3 is 1.81 bits per heavy atom. The maximum Gasteiger partial charge on any atom is 0.0465 e. The van der Waals surface area contributed by atoms with Gasteiger partial charge in [-0.2, -0.15) is 0 Å². The highest BCUT2D eigenvalue weighted by molar-refractivity contribution is 6.35. The van der Waals surface area contributed by atoms with Crippen molar-refractivity contribution in [1.82, 2.24) is 5.32 Å². The van der Waals surface area contributed by atoms with Crippen LogP contribution in [0.15, 0.2) is 36.4 Å². The van der Waals surface area contributed by atoms with Crippen molar-refractivity contribution in [3.8, 4) is 0 Å². The van der Waals surface area contributed by atoms with Crippen LogP contribution >= 0.6 is 58.8 Å². The molecule has 0 saturated heterocycles. The van der Waals surface area contributed by atoms with Gasteiger partial charge in [-0.25, -0.2) is 0 Å². The molecular weight excluding hydrogens is 371 g/mol. The lowest BCUT2D eigenvalue weighted by molar-refractivity contribution is 0.687. The standard InChI is InChI=1S/C15H13Cl4N.ClH/c16-12-3-1-10(14(18)7-12)5-6-20-9-11-2-4-13(17)8-15(11)19;/h1-4,7-8,20H,5-6,9H2;1H.